The van der Waals surface area contributed by atoms with Gasteiger partial charge in [-0.3, -0.25) is 9.69 Å². The summed E-state index contributed by atoms with van der Waals surface area (Å²) in [7, 11) is 0. The molecule has 0 radical (unpaired) electrons. The second kappa shape index (κ2) is 4.46. The largest absolute Gasteiger partial charge is 0.454 e. The summed E-state index contributed by atoms with van der Waals surface area (Å²) in [5.74, 6) is 0.315. The summed E-state index contributed by atoms with van der Waals surface area (Å²) >= 11 is 0. The van der Waals surface area contributed by atoms with E-state index < -0.39 is 6.23 Å². The zero-order valence-electron chi connectivity index (χ0n) is 9.98. The number of hydrogen-bond donors (Lipinski definition) is 0. The predicted octanol–water partition coefficient (Wildman–Crippen LogP) is 2.58. The maximum absolute atomic E-state index is 12.5. The highest BCUT2D eigenvalue weighted by molar-refractivity contribution is 6.08. The van der Waals surface area contributed by atoms with Crippen molar-refractivity contribution in [1.82, 2.24) is 0 Å². The minimum atomic E-state index is -0.912. The third-order valence-corrected chi connectivity index (χ3v) is 2.95. The van der Waals surface area contributed by atoms with E-state index in [0.717, 1.165) is 0 Å². The van der Waals surface area contributed by atoms with Crippen LogP contribution in [0.25, 0.3) is 0 Å². The molecule has 1 aliphatic rings. The summed E-state index contributed by atoms with van der Waals surface area (Å²) in [5, 5.41) is 9.14. The molecule has 0 aliphatic carbocycles. The van der Waals surface area contributed by atoms with Gasteiger partial charge in [-0.1, -0.05) is 30.3 Å². The average molecular weight is 250 g/mol. The van der Waals surface area contributed by atoms with Crippen LogP contribution in [-0.4, -0.2) is 12.1 Å². The van der Waals surface area contributed by atoms with Crippen LogP contribution in [0, 0.1) is 11.3 Å². The SMILES string of the molecule is N#C[C@@H]1Oc2ccccc2N1C(=O)c1ccccc1. The van der Waals surface area contributed by atoms with Gasteiger partial charge >= 0.3 is 0 Å². The van der Waals surface area contributed by atoms with Crippen molar-refractivity contribution in [1.29, 1.82) is 5.26 Å². The lowest BCUT2D eigenvalue weighted by atomic mass is 10.2. The standard InChI is InChI=1S/C15H10N2O2/c16-10-14-17(12-8-4-5-9-13(12)19-14)15(18)11-6-2-1-3-7-11/h1-9,14H/t14-/m0/s1. The summed E-state index contributed by atoms with van der Waals surface area (Å²) in [6, 6.07) is 18.0. The highest BCUT2D eigenvalue weighted by Crippen LogP contribution is 2.37. The van der Waals surface area contributed by atoms with E-state index in [0.29, 0.717) is 17.0 Å². The van der Waals surface area contributed by atoms with Gasteiger partial charge < -0.3 is 4.74 Å². The first kappa shape index (κ1) is 11.3. The number of carbonyl (C=O) groups is 1. The number of para-hydroxylation sites is 2. The number of anilines is 1. The number of fused-ring (bicyclic) bond motifs is 1. The number of benzene rings is 2. The number of hydrogen-bond acceptors (Lipinski definition) is 3. The first-order chi connectivity index (χ1) is 9.31. The minimum absolute atomic E-state index is 0.239. The van der Waals surface area contributed by atoms with Crippen LogP contribution in [0.3, 0.4) is 0 Å². The van der Waals surface area contributed by atoms with Crippen molar-refractivity contribution in [3.05, 3.63) is 60.2 Å². The van der Waals surface area contributed by atoms with E-state index in [4.69, 9.17) is 10.00 Å². The van der Waals surface area contributed by atoms with E-state index >= 15 is 0 Å². The molecular formula is C15H10N2O2. The third kappa shape index (κ3) is 1.81. The molecule has 92 valence electrons. The minimum Gasteiger partial charge on any atom is -0.454 e. The summed E-state index contributed by atoms with van der Waals surface area (Å²) < 4.78 is 5.46. The van der Waals surface area contributed by atoms with Crippen molar-refractivity contribution in [2.45, 2.75) is 6.23 Å². The Balaban J connectivity index is 2.04. The van der Waals surface area contributed by atoms with Crippen LogP contribution in [0.15, 0.2) is 54.6 Å². The molecular weight excluding hydrogens is 240 g/mol. The van der Waals surface area contributed by atoms with E-state index in [9.17, 15) is 4.79 Å². The number of carbonyl (C=O) groups excluding carboxylic acids is 1. The molecule has 0 saturated carbocycles. The highest BCUT2D eigenvalue weighted by atomic mass is 16.5. The summed E-state index contributed by atoms with van der Waals surface area (Å²) in [6.07, 6.45) is -0.912. The normalized spacial score (nSPS) is 16.4. The first-order valence-electron chi connectivity index (χ1n) is 5.85. The molecule has 0 unspecified atom stereocenters. The van der Waals surface area contributed by atoms with Crippen molar-refractivity contribution in [2.24, 2.45) is 0 Å². The van der Waals surface area contributed by atoms with Crippen LogP contribution in [0.1, 0.15) is 10.4 Å². The van der Waals surface area contributed by atoms with E-state index in [1.54, 1.807) is 36.4 Å². The second-order valence-corrected chi connectivity index (χ2v) is 4.11. The maximum atomic E-state index is 12.5. The fourth-order valence-corrected chi connectivity index (χ4v) is 2.07. The van der Waals surface area contributed by atoms with Gasteiger partial charge in [0.2, 0.25) is 0 Å². The van der Waals surface area contributed by atoms with Gasteiger partial charge in [-0.2, -0.15) is 5.26 Å². The fourth-order valence-electron chi connectivity index (χ4n) is 2.07. The fraction of sp³-hybridized carbons (Fsp3) is 0.0667. The number of ether oxygens (including phenoxy) is 1. The van der Waals surface area contributed by atoms with Crippen LogP contribution in [-0.2, 0) is 0 Å². The molecule has 19 heavy (non-hydrogen) atoms. The molecule has 0 fully saturated rings. The molecule has 2 aromatic carbocycles. The number of nitriles is 1. The Labute approximate surface area is 110 Å². The van der Waals surface area contributed by atoms with Crippen LogP contribution < -0.4 is 9.64 Å². The molecule has 0 spiro atoms. The van der Waals surface area contributed by atoms with Gasteiger partial charge in [0, 0.05) is 5.56 Å². The van der Waals surface area contributed by atoms with Crippen molar-refractivity contribution in [3.8, 4) is 11.8 Å². The number of nitrogens with zero attached hydrogens (tertiary/aromatic N) is 2. The summed E-state index contributed by atoms with van der Waals surface area (Å²) in [6.45, 7) is 0. The smallest absolute Gasteiger partial charge is 0.267 e. The average Bonchev–Trinajstić information content (AvgIpc) is 2.86. The van der Waals surface area contributed by atoms with Crippen LogP contribution >= 0.6 is 0 Å². The molecule has 4 heteroatoms. The molecule has 4 nitrogen and oxygen atoms in total. The van der Waals surface area contributed by atoms with Gasteiger partial charge in [0.15, 0.2) is 0 Å². The Morgan fingerprint density at radius 2 is 1.79 bits per heavy atom. The third-order valence-electron chi connectivity index (χ3n) is 2.95. The monoisotopic (exact) mass is 250 g/mol. The lowest BCUT2D eigenvalue weighted by molar-refractivity contribution is 0.0960. The predicted molar refractivity (Wildman–Crippen MR) is 69.7 cm³/mol. The van der Waals surface area contributed by atoms with Crippen molar-refractivity contribution in [3.63, 3.8) is 0 Å². The van der Waals surface area contributed by atoms with Crippen LogP contribution in [0.4, 0.5) is 5.69 Å². The maximum Gasteiger partial charge on any atom is 0.267 e. The molecule has 0 N–H and O–H groups in total. The van der Waals surface area contributed by atoms with E-state index in [1.165, 1.54) is 4.90 Å². The van der Waals surface area contributed by atoms with Gasteiger partial charge in [-0.25, -0.2) is 0 Å². The van der Waals surface area contributed by atoms with E-state index in [2.05, 4.69) is 0 Å². The molecule has 1 atom stereocenters. The lowest BCUT2D eigenvalue weighted by Crippen LogP contribution is -2.38. The number of rotatable bonds is 1. The quantitative estimate of drug-likeness (QED) is 0.781. The van der Waals surface area contributed by atoms with E-state index in [1.807, 2.05) is 24.3 Å². The van der Waals surface area contributed by atoms with E-state index in [-0.39, 0.29) is 5.91 Å². The Morgan fingerprint density at radius 3 is 2.53 bits per heavy atom. The van der Waals surface area contributed by atoms with Crippen molar-refractivity contribution >= 4 is 11.6 Å². The zero-order valence-corrected chi connectivity index (χ0v) is 9.98. The van der Waals surface area contributed by atoms with Crippen molar-refractivity contribution in [2.75, 3.05) is 4.90 Å². The molecule has 1 amide bonds. The Bertz CT molecular complexity index is 661. The number of amides is 1. The second-order valence-electron chi connectivity index (χ2n) is 4.11. The highest BCUT2D eigenvalue weighted by Gasteiger charge is 2.35. The van der Waals surface area contributed by atoms with Gasteiger partial charge in [0.25, 0.3) is 12.1 Å². The molecule has 2 aromatic rings. The Morgan fingerprint density at radius 1 is 1.11 bits per heavy atom. The topological polar surface area (TPSA) is 53.3 Å². The first-order valence-corrected chi connectivity index (χ1v) is 5.85. The molecule has 0 saturated heterocycles. The van der Waals surface area contributed by atoms with Crippen LogP contribution in [0.2, 0.25) is 0 Å². The lowest BCUT2D eigenvalue weighted by Gasteiger charge is -2.18. The van der Waals surface area contributed by atoms with Gasteiger partial charge in [0.1, 0.15) is 11.8 Å². The Kier molecular flexibility index (Phi) is 2.66. The molecule has 1 aliphatic heterocycles. The molecule has 0 bridgehead atoms. The summed E-state index contributed by atoms with van der Waals surface area (Å²) in [4.78, 5) is 13.9. The van der Waals surface area contributed by atoms with Gasteiger partial charge in [0.05, 0.1) is 5.69 Å². The molecule has 3 rings (SSSR count). The van der Waals surface area contributed by atoms with Gasteiger partial charge in [-0.15, -0.1) is 0 Å². The summed E-state index contributed by atoms with van der Waals surface area (Å²) in [5.41, 5.74) is 1.16. The van der Waals surface area contributed by atoms with Crippen LogP contribution in [0.5, 0.6) is 5.75 Å². The Hall–Kier alpha value is -2.80. The molecule has 1 heterocycles. The van der Waals surface area contributed by atoms with Gasteiger partial charge in [-0.05, 0) is 24.3 Å². The van der Waals surface area contributed by atoms with Crippen molar-refractivity contribution < 1.29 is 9.53 Å². The zero-order chi connectivity index (χ0) is 13.2. The molecule has 0 aromatic heterocycles.